The van der Waals surface area contributed by atoms with Crippen LogP contribution in [0.2, 0.25) is 0 Å². The standard InChI is InChI=1S/C23H22N4O2S2/c1-18-8-5-6-11-21(18)27-22(19-12-14-24-15-13-19)25-26-23(27)30-16-7-17-31(28,29)20-9-3-2-4-10-20/h2-6,8-15H,7,16-17H2,1H3. The number of aryl methyl sites for hydroxylation is 1. The average Bonchev–Trinajstić information content (AvgIpc) is 3.22. The number of hydrogen-bond acceptors (Lipinski definition) is 6. The van der Waals surface area contributed by atoms with Crippen molar-refractivity contribution >= 4 is 21.6 Å². The van der Waals surface area contributed by atoms with E-state index in [2.05, 4.69) is 15.2 Å². The normalized spacial score (nSPS) is 11.5. The van der Waals surface area contributed by atoms with Gasteiger partial charge in [-0.25, -0.2) is 8.42 Å². The molecule has 2 aromatic heterocycles. The first-order valence-corrected chi connectivity index (χ1v) is 12.5. The summed E-state index contributed by atoms with van der Waals surface area (Å²) < 4.78 is 27.1. The molecule has 0 saturated heterocycles. The van der Waals surface area contributed by atoms with Crippen molar-refractivity contribution in [3.63, 3.8) is 0 Å². The zero-order valence-electron chi connectivity index (χ0n) is 17.0. The molecule has 0 aliphatic carbocycles. The Kier molecular flexibility index (Phi) is 6.48. The maximum Gasteiger partial charge on any atom is 0.196 e. The van der Waals surface area contributed by atoms with Crippen molar-refractivity contribution < 1.29 is 8.42 Å². The first kappa shape index (κ1) is 21.3. The quantitative estimate of drug-likeness (QED) is 0.289. The van der Waals surface area contributed by atoms with E-state index in [0.29, 0.717) is 17.1 Å². The predicted octanol–water partition coefficient (Wildman–Crippen LogP) is 4.59. The van der Waals surface area contributed by atoms with Gasteiger partial charge in [-0.15, -0.1) is 10.2 Å². The van der Waals surface area contributed by atoms with Crippen LogP contribution < -0.4 is 0 Å². The molecule has 0 fully saturated rings. The van der Waals surface area contributed by atoms with Gasteiger partial charge in [0.25, 0.3) is 0 Å². The van der Waals surface area contributed by atoms with Crippen molar-refractivity contribution in [3.05, 3.63) is 84.7 Å². The third-order valence-corrected chi connectivity index (χ3v) is 7.65. The number of rotatable bonds is 8. The fourth-order valence-corrected chi connectivity index (χ4v) is 5.64. The number of para-hydroxylation sites is 1. The molecule has 0 radical (unpaired) electrons. The van der Waals surface area contributed by atoms with E-state index < -0.39 is 9.84 Å². The van der Waals surface area contributed by atoms with Gasteiger partial charge in [0.15, 0.2) is 20.8 Å². The molecular weight excluding hydrogens is 428 g/mol. The third-order valence-electron chi connectivity index (χ3n) is 4.82. The zero-order valence-corrected chi connectivity index (χ0v) is 18.7. The van der Waals surface area contributed by atoms with Gasteiger partial charge in [0, 0.05) is 23.7 Å². The molecule has 0 unspecified atom stereocenters. The fraction of sp³-hybridized carbons (Fsp3) is 0.174. The second kappa shape index (κ2) is 9.45. The topological polar surface area (TPSA) is 77.7 Å². The van der Waals surface area contributed by atoms with Crippen molar-refractivity contribution in [1.29, 1.82) is 0 Å². The van der Waals surface area contributed by atoms with Crippen molar-refractivity contribution in [1.82, 2.24) is 19.7 Å². The van der Waals surface area contributed by atoms with E-state index in [4.69, 9.17) is 0 Å². The fourth-order valence-electron chi connectivity index (χ4n) is 3.24. The lowest BCUT2D eigenvalue weighted by Crippen LogP contribution is -2.08. The summed E-state index contributed by atoms with van der Waals surface area (Å²) in [6, 6.07) is 20.4. The molecule has 2 heterocycles. The van der Waals surface area contributed by atoms with Crippen LogP contribution in [-0.4, -0.2) is 39.7 Å². The Balaban J connectivity index is 1.55. The number of pyridine rings is 1. The molecule has 0 aliphatic rings. The summed E-state index contributed by atoms with van der Waals surface area (Å²) in [7, 11) is -3.28. The van der Waals surface area contributed by atoms with Gasteiger partial charge in [-0.05, 0) is 49.2 Å². The summed E-state index contributed by atoms with van der Waals surface area (Å²) >= 11 is 1.51. The summed E-state index contributed by atoms with van der Waals surface area (Å²) in [6.45, 7) is 2.05. The van der Waals surface area contributed by atoms with E-state index in [1.54, 1.807) is 36.7 Å². The van der Waals surface area contributed by atoms with Crippen LogP contribution in [0.5, 0.6) is 0 Å². The van der Waals surface area contributed by atoms with Crippen molar-refractivity contribution in [3.8, 4) is 17.1 Å². The number of thioether (sulfide) groups is 1. The van der Waals surface area contributed by atoms with Crippen LogP contribution in [0.4, 0.5) is 0 Å². The van der Waals surface area contributed by atoms with Crippen molar-refractivity contribution in [2.24, 2.45) is 0 Å². The molecule has 0 saturated carbocycles. The zero-order chi connectivity index (χ0) is 21.7. The minimum Gasteiger partial charge on any atom is -0.270 e. The van der Waals surface area contributed by atoms with E-state index in [9.17, 15) is 8.42 Å². The van der Waals surface area contributed by atoms with Gasteiger partial charge < -0.3 is 0 Å². The van der Waals surface area contributed by atoms with E-state index in [-0.39, 0.29) is 5.75 Å². The number of hydrogen-bond donors (Lipinski definition) is 0. The number of aromatic nitrogens is 4. The van der Waals surface area contributed by atoms with Gasteiger partial charge in [0.2, 0.25) is 0 Å². The number of benzene rings is 2. The van der Waals surface area contributed by atoms with Gasteiger partial charge in [0.1, 0.15) is 0 Å². The minimum atomic E-state index is -3.28. The molecule has 158 valence electrons. The molecule has 0 bridgehead atoms. The molecule has 0 spiro atoms. The second-order valence-electron chi connectivity index (χ2n) is 7.00. The third kappa shape index (κ3) is 4.86. The molecule has 0 atom stereocenters. The molecule has 0 aliphatic heterocycles. The van der Waals surface area contributed by atoms with E-state index in [1.165, 1.54) is 11.8 Å². The highest BCUT2D eigenvalue weighted by Gasteiger charge is 2.18. The molecule has 4 rings (SSSR count). The molecule has 6 nitrogen and oxygen atoms in total. The van der Waals surface area contributed by atoms with Crippen molar-refractivity contribution in [2.75, 3.05) is 11.5 Å². The Labute approximate surface area is 186 Å². The molecule has 4 aromatic rings. The first-order chi connectivity index (χ1) is 15.1. The number of nitrogens with zero attached hydrogens (tertiary/aromatic N) is 4. The van der Waals surface area contributed by atoms with Crippen LogP contribution in [0.3, 0.4) is 0 Å². The van der Waals surface area contributed by atoms with Gasteiger partial charge in [-0.3, -0.25) is 9.55 Å². The van der Waals surface area contributed by atoms with Crippen LogP contribution in [-0.2, 0) is 9.84 Å². The second-order valence-corrected chi connectivity index (χ2v) is 10.2. The maximum atomic E-state index is 12.5. The number of sulfone groups is 1. The monoisotopic (exact) mass is 450 g/mol. The van der Waals surface area contributed by atoms with Crippen LogP contribution in [0.1, 0.15) is 12.0 Å². The molecule has 0 N–H and O–H groups in total. The Morgan fingerprint density at radius 3 is 2.35 bits per heavy atom. The highest BCUT2D eigenvalue weighted by molar-refractivity contribution is 7.99. The Bertz CT molecular complexity index is 1260. The van der Waals surface area contributed by atoms with Crippen molar-refractivity contribution in [2.45, 2.75) is 23.4 Å². The highest BCUT2D eigenvalue weighted by atomic mass is 32.2. The Morgan fingerprint density at radius 1 is 0.903 bits per heavy atom. The lowest BCUT2D eigenvalue weighted by atomic mass is 10.2. The molecule has 2 aromatic carbocycles. The summed E-state index contributed by atoms with van der Waals surface area (Å²) in [4.78, 5) is 4.45. The van der Waals surface area contributed by atoms with E-state index in [1.807, 2.05) is 54.0 Å². The van der Waals surface area contributed by atoms with Crippen LogP contribution in [0, 0.1) is 6.92 Å². The van der Waals surface area contributed by atoms with E-state index >= 15 is 0 Å². The van der Waals surface area contributed by atoms with Gasteiger partial charge in [0.05, 0.1) is 16.3 Å². The first-order valence-electron chi connectivity index (χ1n) is 9.89. The average molecular weight is 451 g/mol. The highest BCUT2D eigenvalue weighted by Crippen LogP contribution is 2.29. The molecule has 0 amide bonds. The van der Waals surface area contributed by atoms with Crippen LogP contribution in [0.25, 0.3) is 17.1 Å². The predicted molar refractivity (Wildman–Crippen MR) is 123 cm³/mol. The van der Waals surface area contributed by atoms with E-state index in [0.717, 1.165) is 27.8 Å². The maximum absolute atomic E-state index is 12.5. The Hall–Kier alpha value is -2.97. The smallest absolute Gasteiger partial charge is 0.196 e. The van der Waals surface area contributed by atoms with Crippen LogP contribution >= 0.6 is 11.8 Å². The summed E-state index contributed by atoms with van der Waals surface area (Å²) in [5.41, 5.74) is 3.02. The SMILES string of the molecule is Cc1ccccc1-n1c(SCCCS(=O)(=O)c2ccccc2)nnc1-c1ccncc1. The van der Waals surface area contributed by atoms with Crippen LogP contribution in [0.15, 0.2) is 89.2 Å². The van der Waals surface area contributed by atoms with Gasteiger partial charge >= 0.3 is 0 Å². The van der Waals surface area contributed by atoms with Gasteiger partial charge in [-0.2, -0.15) is 0 Å². The lowest BCUT2D eigenvalue weighted by molar-refractivity contribution is 0.595. The lowest BCUT2D eigenvalue weighted by Gasteiger charge is -2.12. The summed E-state index contributed by atoms with van der Waals surface area (Å²) in [6.07, 6.45) is 3.98. The summed E-state index contributed by atoms with van der Waals surface area (Å²) in [5.74, 6) is 1.45. The Morgan fingerprint density at radius 2 is 1.61 bits per heavy atom. The molecule has 31 heavy (non-hydrogen) atoms. The molecular formula is C23H22N4O2S2. The minimum absolute atomic E-state index is 0.0970. The van der Waals surface area contributed by atoms with Gasteiger partial charge in [-0.1, -0.05) is 48.2 Å². The largest absolute Gasteiger partial charge is 0.270 e. The molecule has 8 heteroatoms. The summed E-state index contributed by atoms with van der Waals surface area (Å²) in [5, 5.41) is 9.57.